The minimum absolute atomic E-state index is 0.0235. The van der Waals surface area contributed by atoms with E-state index in [1.807, 2.05) is 0 Å². The molecule has 0 aromatic carbocycles. The van der Waals surface area contributed by atoms with Gasteiger partial charge in [-0.15, -0.1) is 0 Å². The summed E-state index contributed by atoms with van der Waals surface area (Å²) in [5.74, 6) is -2.31. The number of carbonyl (C=O) groups excluding carboxylic acids is 4. The van der Waals surface area contributed by atoms with Crippen LogP contribution in [0.2, 0.25) is 0 Å². The molecule has 7 heteroatoms. The molecule has 0 saturated heterocycles. The Morgan fingerprint density at radius 1 is 0.818 bits per heavy atom. The lowest BCUT2D eigenvalue weighted by atomic mass is 10.3. The highest BCUT2D eigenvalue weighted by atomic mass is 16.5. The van der Waals surface area contributed by atoms with Gasteiger partial charge in [-0.3, -0.25) is 14.4 Å². The highest BCUT2D eigenvalue weighted by Gasteiger charge is 2.19. The molecule has 0 radical (unpaired) electrons. The highest BCUT2D eigenvalue weighted by Crippen LogP contribution is 2.12. The van der Waals surface area contributed by atoms with Crippen LogP contribution in [0.15, 0.2) is 33.1 Å². The minimum Gasteiger partial charge on any atom is -0.451 e. The van der Waals surface area contributed by atoms with Crippen LogP contribution in [-0.2, 0) is 4.74 Å². The average molecular weight is 304 g/mol. The van der Waals surface area contributed by atoms with E-state index >= 15 is 0 Å². The van der Waals surface area contributed by atoms with Crippen LogP contribution >= 0.6 is 0 Å². The Balaban J connectivity index is 1.96. The van der Waals surface area contributed by atoms with Crippen LogP contribution in [0.4, 0.5) is 0 Å². The molecule has 2 aromatic rings. The largest absolute Gasteiger partial charge is 0.451 e. The van der Waals surface area contributed by atoms with Crippen LogP contribution in [0, 0.1) is 0 Å². The van der Waals surface area contributed by atoms with E-state index < -0.39 is 18.4 Å². The summed E-state index contributed by atoms with van der Waals surface area (Å²) in [4.78, 5) is 45.5. The minimum atomic E-state index is -0.876. The van der Waals surface area contributed by atoms with Gasteiger partial charge < -0.3 is 13.6 Å². The number of ether oxygens (including phenoxy) is 1. The van der Waals surface area contributed by atoms with Crippen molar-refractivity contribution < 1.29 is 32.7 Å². The SMILES string of the molecule is CC(=O)c1ccc(C(=O)COC(=O)c2ccc(C(C)=O)o2)o1. The molecule has 7 nitrogen and oxygen atoms in total. The molecule has 0 N–H and O–H groups in total. The summed E-state index contributed by atoms with van der Waals surface area (Å²) in [5, 5.41) is 0. The zero-order valence-corrected chi connectivity index (χ0v) is 11.9. The predicted octanol–water partition coefficient (Wildman–Crippen LogP) is 2.32. The molecule has 0 aliphatic rings. The molecule has 114 valence electrons. The van der Waals surface area contributed by atoms with Crippen molar-refractivity contribution in [1.82, 2.24) is 0 Å². The molecule has 0 saturated carbocycles. The molecular weight excluding hydrogens is 292 g/mol. The zero-order valence-electron chi connectivity index (χ0n) is 11.9. The van der Waals surface area contributed by atoms with Gasteiger partial charge in [0.15, 0.2) is 35.5 Å². The van der Waals surface area contributed by atoms with Crippen LogP contribution in [0.3, 0.4) is 0 Å². The number of furan rings is 2. The van der Waals surface area contributed by atoms with Crippen molar-refractivity contribution in [3.05, 3.63) is 47.3 Å². The normalized spacial score (nSPS) is 10.3. The number of carbonyl (C=O) groups is 4. The number of hydrogen-bond donors (Lipinski definition) is 0. The summed E-state index contributed by atoms with van der Waals surface area (Å²) in [7, 11) is 0. The fourth-order valence-electron chi connectivity index (χ4n) is 1.59. The second-order valence-electron chi connectivity index (χ2n) is 4.44. The Bertz CT molecular complexity index is 683. The van der Waals surface area contributed by atoms with Crippen molar-refractivity contribution in [2.75, 3.05) is 6.61 Å². The quantitative estimate of drug-likeness (QED) is 0.595. The van der Waals surface area contributed by atoms with Gasteiger partial charge in [-0.2, -0.15) is 0 Å². The fourth-order valence-corrected chi connectivity index (χ4v) is 1.59. The van der Waals surface area contributed by atoms with Crippen molar-refractivity contribution in [3.63, 3.8) is 0 Å². The van der Waals surface area contributed by atoms with Gasteiger partial charge in [0, 0.05) is 13.8 Å². The summed E-state index contributed by atoms with van der Waals surface area (Å²) in [6, 6.07) is 5.31. The molecule has 0 bridgehead atoms. The van der Waals surface area contributed by atoms with Gasteiger partial charge in [-0.05, 0) is 24.3 Å². The average Bonchev–Trinajstić information content (AvgIpc) is 3.12. The Morgan fingerprint density at radius 3 is 1.77 bits per heavy atom. The first-order valence-electron chi connectivity index (χ1n) is 6.30. The fraction of sp³-hybridized carbons (Fsp3) is 0.200. The highest BCUT2D eigenvalue weighted by molar-refractivity contribution is 5.99. The molecule has 0 fully saturated rings. The van der Waals surface area contributed by atoms with Gasteiger partial charge in [0.2, 0.25) is 11.5 Å². The summed E-state index contributed by atoms with van der Waals surface area (Å²) in [5.41, 5.74) is 0. The Kier molecular flexibility index (Phi) is 4.36. The first-order chi connectivity index (χ1) is 10.4. The molecule has 22 heavy (non-hydrogen) atoms. The first-order valence-corrected chi connectivity index (χ1v) is 6.30. The standard InChI is InChI=1S/C15H12O7/c1-8(16)11-3-5-13(21-11)10(18)7-20-15(19)14-6-4-12(22-14)9(2)17/h3-6H,7H2,1-2H3. The zero-order chi connectivity index (χ0) is 16.3. The van der Waals surface area contributed by atoms with E-state index in [-0.39, 0.29) is 34.6 Å². The van der Waals surface area contributed by atoms with E-state index in [4.69, 9.17) is 13.6 Å². The third-order valence-electron chi connectivity index (χ3n) is 2.72. The molecule has 2 aromatic heterocycles. The van der Waals surface area contributed by atoms with Gasteiger partial charge in [0.1, 0.15) is 0 Å². The van der Waals surface area contributed by atoms with Crippen LogP contribution in [0.5, 0.6) is 0 Å². The number of hydrogen-bond acceptors (Lipinski definition) is 7. The van der Waals surface area contributed by atoms with Crippen LogP contribution < -0.4 is 0 Å². The molecule has 0 unspecified atom stereocenters. The summed E-state index contributed by atoms with van der Waals surface area (Å²) in [6.07, 6.45) is 0. The molecule has 2 rings (SSSR count). The van der Waals surface area contributed by atoms with Crippen molar-refractivity contribution in [2.45, 2.75) is 13.8 Å². The summed E-state index contributed by atoms with van der Waals surface area (Å²) >= 11 is 0. The van der Waals surface area contributed by atoms with Crippen molar-refractivity contribution in [1.29, 1.82) is 0 Å². The molecule has 0 spiro atoms. The smallest absolute Gasteiger partial charge is 0.374 e. The summed E-state index contributed by atoms with van der Waals surface area (Å²) in [6.45, 7) is 2.03. The summed E-state index contributed by atoms with van der Waals surface area (Å²) < 4.78 is 14.8. The van der Waals surface area contributed by atoms with E-state index in [0.29, 0.717) is 0 Å². The van der Waals surface area contributed by atoms with E-state index in [1.54, 1.807) is 0 Å². The third-order valence-corrected chi connectivity index (χ3v) is 2.72. The predicted molar refractivity (Wildman–Crippen MR) is 72.0 cm³/mol. The van der Waals surface area contributed by atoms with Crippen LogP contribution in [0.25, 0.3) is 0 Å². The van der Waals surface area contributed by atoms with Gasteiger partial charge in [0.25, 0.3) is 0 Å². The molecule has 0 aliphatic carbocycles. The lowest BCUT2D eigenvalue weighted by molar-refractivity contribution is 0.0435. The first kappa shape index (κ1) is 15.4. The molecule has 0 atom stereocenters. The van der Waals surface area contributed by atoms with E-state index in [1.165, 1.54) is 38.1 Å². The second kappa shape index (κ2) is 6.21. The van der Waals surface area contributed by atoms with E-state index in [9.17, 15) is 19.2 Å². The Morgan fingerprint density at radius 2 is 1.27 bits per heavy atom. The van der Waals surface area contributed by atoms with Crippen molar-refractivity contribution >= 4 is 23.3 Å². The van der Waals surface area contributed by atoms with Crippen molar-refractivity contribution in [3.8, 4) is 0 Å². The van der Waals surface area contributed by atoms with E-state index in [2.05, 4.69) is 0 Å². The second-order valence-corrected chi connectivity index (χ2v) is 4.44. The van der Waals surface area contributed by atoms with Crippen LogP contribution in [-0.4, -0.2) is 29.9 Å². The number of ketones is 3. The monoisotopic (exact) mass is 304 g/mol. The molecular formula is C15H12O7. The van der Waals surface area contributed by atoms with Gasteiger partial charge in [0.05, 0.1) is 0 Å². The topological polar surface area (TPSA) is 104 Å². The van der Waals surface area contributed by atoms with Crippen LogP contribution in [0.1, 0.15) is 56.1 Å². The van der Waals surface area contributed by atoms with E-state index in [0.717, 1.165) is 0 Å². The maximum atomic E-state index is 11.8. The molecule has 0 aliphatic heterocycles. The lowest BCUT2D eigenvalue weighted by Crippen LogP contribution is -2.13. The Labute approximate surface area is 124 Å². The van der Waals surface area contributed by atoms with Gasteiger partial charge >= 0.3 is 5.97 Å². The van der Waals surface area contributed by atoms with Gasteiger partial charge in [-0.25, -0.2) is 4.79 Å². The van der Waals surface area contributed by atoms with Gasteiger partial charge in [-0.1, -0.05) is 0 Å². The molecule has 2 heterocycles. The maximum Gasteiger partial charge on any atom is 0.374 e. The third kappa shape index (κ3) is 3.38. The number of rotatable bonds is 6. The van der Waals surface area contributed by atoms with Crippen molar-refractivity contribution in [2.24, 2.45) is 0 Å². The number of esters is 1. The lowest BCUT2D eigenvalue weighted by Gasteiger charge is -2.00. The number of Topliss-reactive ketones (excluding diaryl/α,β-unsaturated/α-hetero) is 3. The Hall–Kier alpha value is -2.96. The molecule has 0 amide bonds. The maximum absolute atomic E-state index is 11.8.